The molecule has 1 aromatic rings. The molecule has 0 aliphatic rings. The molecule has 0 aliphatic carbocycles. The Morgan fingerprint density at radius 3 is 2.50 bits per heavy atom. The molecule has 7 nitrogen and oxygen atoms in total. The summed E-state index contributed by atoms with van der Waals surface area (Å²) in [5.74, 6) is -0.420. The number of rotatable bonds is 7. The standard InChI is InChI=1S/C14H20N2O5.ClH/c1-19-8-11(15)13(17)16-7-9-4-5-12(20-2)10(6-9)14(18)21-3;/h4-6,11H,7-8,15H2,1-3H3,(H,16,17);1H. The summed E-state index contributed by atoms with van der Waals surface area (Å²) in [6.45, 7) is 0.381. The highest BCUT2D eigenvalue weighted by Gasteiger charge is 2.15. The second kappa shape index (κ2) is 9.99. The lowest BCUT2D eigenvalue weighted by Crippen LogP contribution is -2.43. The van der Waals surface area contributed by atoms with Crippen molar-refractivity contribution in [1.29, 1.82) is 0 Å². The smallest absolute Gasteiger partial charge is 0.341 e. The van der Waals surface area contributed by atoms with E-state index in [9.17, 15) is 9.59 Å². The molecule has 1 amide bonds. The first-order valence-electron chi connectivity index (χ1n) is 6.31. The van der Waals surface area contributed by atoms with Crippen LogP contribution < -0.4 is 15.8 Å². The van der Waals surface area contributed by atoms with E-state index in [1.165, 1.54) is 21.3 Å². The molecular formula is C14H21ClN2O5. The lowest BCUT2D eigenvalue weighted by Gasteiger charge is -2.12. The fourth-order valence-electron chi connectivity index (χ4n) is 1.71. The first-order chi connectivity index (χ1) is 10.0. The Bertz CT molecular complexity index is 510. The van der Waals surface area contributed by atoms with Gasteiger partial charge in [0.25, 0.3) is 0 Å². The molecule has 8 heteroatoms. The highest BCUT2D eigenvalue weighted by Crippen LogP contribution is 2.20. The van der Waals surface area contributed by atoms with Crippen molar-refractivity contribution in [2.45, 2.75) is 12.6 Å². The average molecular weight is 333 g/mol. The molecule has 22 heavy (non-hydrogen) atoms. The zero-order valence-corrected chi connectivity index (χ0v) is 13.6. The Kier molecular flexibility index (Phi) is 9.16. The van der Waals surface area contributed by atoms with Crippen molar-refractivity contribution in [3.05, 3.63) is 29.3 Å². The van der Waals surface area contributed by atoms with Crippen LogP contribution >= 0.6 is 12.4 Å². The lowest BCUT2D eigenvalue weighted by atomic mass is 10.1. The molecule has 0 saturated carbocycles. The van der Waals surface area contributed by atoms with Crippen molar-refractivity contribution in [1.82, 2.24) is 5.32 Å². The Balaban J connectivity index is 0.00000441. The van der Waals surface area contributed by atoms with E-state index < -0.39 is 12.0 Å². The Labute approximate surface area is 135 Å². The molecular weight excluding hydrogens is 312 g/mol. The van der Waals surface area contributed by atoms with Gasteiger partial charge >= 0.3 is 5.97 Å². The van der Waals surface area contributed by atoms with Crippen LogP contribution in [0.25, 0.3) is 0 Å². The van der Waals surface area contributed by atoms with Crippen LogP contribution in [0.4, 0.5) is 0 Å². The second-order valence-corrected chi connectivity index (χ2v) is 4.31. The van der Waals surface area contributed by atoms with Crippen molar-refractivity contribution in [3.8, 4) is 5.75 Å². The number of benzene rings is 1. The molecule has 0 radical (unpaired) electrons. The topological polar surface area (TPSA) is 99.9 Å². The van der Waals surface area contributed by atoms with Gasteiger partial charge in [0.05, 0.1) is 20.8 Å². The number of carbonyl (C=O) groups is 2. The molecule has 1 unspecified atom stereocenters. The third-order valence-electron chi connectivity index (χ3n) is 2.82. The predicted octanol–water partition coefficient (Wildman–Crippen LogP) is 0.494. The van der Waals surface area contributed by atoms with Crippen molar-refractivity contribution in [3.63, 3.8) is 0 Å². The maximum atomic E-state index is 11.7. The Hall–Kier alpha value is -1.83. The lowest BCUT2D eigenvalue weighted by molar-refractivity contribution is -0.123. The molecule has 0 aromatic heterocycles. The third kappa shape index (κ3) is 5.51. The van der Waals surface area contributed by atoms with Gasteiger partial charge in [-0.25, -0.2) is 4.79 Å². The zero-order valence-electron chi connectivity index (χ0n) is 12.8. The van der Waals surface area contributed by atoms with Gasteiger partial charge in [0.1, 0.15) is 17.4 Å². The van der Waals surface area contributed by atoms with E-state index in [2.05, 4.69) is 10.1 Å². The van der Waals surface area contributed by atoms with Crippen LogP contribution in [0.1, 0.15) is 15.9 Å². The molecule has 1 aromatic carbocycles. The minimum Gasteiger partial charge on any atom is -0.496 e. The van der Waals surface area contributed by atoms with Crippen LogP contribution in [-0.2, 0) is 20.8 Å². The molecule has 0 fully saturated rings. The molecule has 0 bridgehead atoms. The average Bonchev–Trinajstić information content (AvgIpc) is 2.51. The first-order valence-corrected chi connectivity index (χ1v) is 6.31. The van der Waals surface area contributed by atoms with Gasteiger partial charge in [-0.1, -0.05) is 6.07 Å². The quantitative estimate of drug-likeness (QED) is 0.705. The van der Waals surface area contributed by atoms with Gasteiger partial charge in [-0.2, -0.15) is 0 Å². The summed E-state index contributed by atoms with van der Waals surface area (Å²) in [5, 5.41) is 2.67. The summed E-state index contributed by atoms with van der Waals surface area (Å²) in [7, 11) is 4.23. The van der Waals surface area contributed by atoms with Gasteiger partial charge in [0.15, 0.2) is 0 Å². The molecule has 1 atom stereocenters. The van der Waals surface area contributed by atoms with Crippen LogP contribution in [-0.4, -0.2) is 45.9 Å². The van der Waals surface area contributed by atoms with Gasteiger partial charge < -0.3 is 25.3 Å². The largest absolute Gasteiger partial charge is 0.496 e. The van der Waals surface area contributed by atoms with Crippen molar-refractivity contribution < 1.29 is 23.8 Å². The number of amides is 1. The number of esters is 1. The number of hydrogen-bond acceptors (Lipinski definition) is 6. The van der Waals surface area contributed by atoms with Crippen molar-refractivity contribution >= 4 is 24.3 Å². The van der Waals surface area contributed by atoms with Crippen LogP contribution in [0.3, 0.4) is 0 Å². The van der Waals surface area contributed by atoms with E-state index in [4.69, 9.17) is 15.2 Å². The number of ether oxygens (including phenoxy) is 3. The Morgan fingerprint density at radius 2 is 1.95 bits per heavy atom. The fraction of sp³-hybridized carbons (Fsp3) is 0.429. The van der Waals surface area contributed by atoms with Crippen molar-refractivity contribution in [2.24, 2.45) is 5.73 Å². The number of hydrogen-bond donors (Lipinski definition) is 2. The van der Waals surface area contributed by atoms with Gasteiger partial charge in [-0.15, -0.1) is 12.4 Å². The summed E-state index contributed by atoms with van der Waals surface area (Å²) in [6.07, 6.45) is 0. The monoisotopic (exact) mass is 332 g/mol. The van der Waals surface area contributed by atoms with Crippen LogP contribution in [0.2, 0.25) is 0 Å². The molecule has 124 valence electrons. The SMILES string of the molecule is COCC(N)C(=O)NCc1ccc(OC)c(C(=O)OC)c1.Cl. The molecule has 0 aliphatic heterocycles. The number of nitrogens with two attached hydrogens (primary N) is 1. The summed E-state index contributed by atoms with van der Waals surface area (Å²) in [5.41, 5.74) is 6.64. The number of carbonyl (C=O) groups excluding carboxylic acids is 2. The Morgan fingerprint density at radius 1 is 1.27 bits per heavy atom. The highest BCUT2D eigenvalue weighted by molar-refractivity contribution is 5.92. The van der Waals surface area contributed by atoms with E-state index in [-0.39, 0.29) is 31.5 Å². The van der Waals surface area contributed by atoms with Gasteiger partial charge in [0.2, 0.25) is 5.91 Å². The number of methoxy groups -OCH3 is 3. The van der Waals surface area contributed by atoms with E-state index in [1.54, 1.807) is 18.2 Å². The first kappa shape index (κ1) is 20.2. The van der Waals surface area contributed by atoms with E-state index in [1.807, 2.05) is 0 Å². The molecule has 3 N–H and O–H groups in total. The zero-order chi connectivity index (χ0) is 15.8. The number of nitrogens with one attached hydrogen (secondary N) is 1. The summed E-state index contributed by atoms with van der Waals surface area (Å²) < 4.78 is 14.6. The molecule has 0 spiro atoms. The predicted molar refractivity (Wildman–Crippen MR) is 83.3 cm³/mol. The number of halogens is 1. The fourth-order valence-corrected chi connectivity index (χ4v) is 1.71. The normalized spacial score (nSPS) is 11.1. The second-order valence-electron chi connectivity index (χ2n) is 4.31. The summed E-state index contributed by atoms with van der Waals surface area (Å²) >= 11 is 0. The van der Waals surface area contributed by atoms with Gasteiger partial charge in [-0.3, -0.25) is 4.79 Å². The third-order valence-corrected chi connectivity index (χ3v) is 2.82. The van der Waals surface area contributed by atoms with Crippen LogP contribution in [0, 0.1) is 0 Å². The summed E-state index contributed by atoms with van der Waals surface area (Å²) in [4.78, 5) is 23.3. The van der Waals surface area contributed by atoms with Crippen molar-refractivity contribution in [2.75, 3.05) is 27.9 Å². The minimum absolute atomic E-state index is 0. The minimum atomic E-state index is -0.728. The highest BCUT2D eigenvalue weighted by atomic mass is 35.5. The van der Waals surface area contributed by atoms with Crippen LogP contribution in [0.5, 0.6) is 5.75 Å². The molecule has 0 heterocycles. The summed E-state index contributed by atoms with van der Waals surface area (Å²) in [6, 6.07) is 4.26. The van der Waals surface area contributed by atoms with Gasteiger partial charge in [0, 0.05) is 13.7 Å². The maximum Gasteiger partial charge on any atom is 0.341 e. The molecule has 0 saturated heterocycles. The molecule has 1 rings (SSSR count). The van der Waals surface area contributed by atoms with Crippen LogP contribution in [0.15, 0.2) is 18.2 Å². The van der Waals surface area contributed by atoms with E-state index in [0.717, 1.165) is 5.56 Å². The van der Waals surface area contributed by atoms with E-state index >= 15 is 0 Å². The van der Waals surface area contributed by atoms with Gasteiger partial charge in [-0.05, 0) is 17.7 Å². The maximum absolute atomic E-state index is 11.7. The van der Waals surface area contributed by atoms with E-state index in [0.29, 0.717) is 11.3 Å².